The predicted octanol–water partition coefficient (Wildman–Crippen LogP) is 3.45. The molecule has 2 rings (SSSR count). The number of rotatable bonds is 5. The van der Waals surface area contributed by atoms with Gasteiger partial charge in [-0.25, -0.2) is 4.98 Å². The van der Waals surface area contributed by atoms with Gasteiger partial charge < -0.3 is 5.32 Å². The van der Waals surface area contributed by atoms with Crippen LogP contribution in [-0.4, -0.2) is 29.0 Å². The molecule has 0 aromatic carbocycles. The van der Waals surface area contributed by atoms with Crippen molar-refractivity contribution in [2.75, 3.05) is 18.4 Å². The van der Waals surface area contributed by atoms with Crippen molar-refractivity contribution in [3.05, 3.63) is 23.9 Å². The molecule has 0 saturated carbocycles. The topological polar surface area (TPSA) is 28.2 Å². The Labute approximate surface area is 111 Å². The Morgan fingerprint density at radius 3 is 3.06 bits per heavy atom. The molecule has 0 aliphatic carbocycles. The highest BCUT2D eigenvalue weighted by Crippen LogP contribution is 2.36. The van der Waals surface area contributed by atoms with Crippen molar-refractivity contribution < 1.29 is 0 Å². The number of pyridine rings is 1. The lowest BCUT2D eigenvalue weighted by atomic mass is 10.0. The average molecular weight is 247 g/mol. The number of nitrogens with zero attached hydrogens (tertiary/aromatic N) is 2. The highest BCUT2D eigenvalue weighted by molar-refractivity contribution is 5.46. The van der Waals surface area contributed by atoms with E-state index in [1.807, 2.05) is 6.20 Å². The second-order valence-electron chi connectivity index (χ2n) is 5.36. The summed E-state index contributed by atoms with van der Waals surface area (Å²) in [5, 5.41) is 3.46. The van der Waals surface area contributed by atoms with Gasteiger partial charge in [0.15, 0.2) is 0 Å². The van der Waals surface area contributed by atoms with Gasteiger partial charge in [0.1, 0.15) is 5.82 Å². The van der Waals surface area contributed by atoms with E-state index in [1.165, 1.54) is 24.9 Å². The lowest BCUT2D eigenvalue weighted by Gasteiger charge is -2.29. The van der Waals surface area contributed by atoms with Gasteiger partial charge in [0.2, 0.25) is 0 Å². The maximum absolute atomic E-state index is 4.52. The molecule has 0 amide bonds. The van der Waals surface area contributed by atoms with Gasteiger partial charge in [-0.3, -0.25) is 4.90 Å². The summed E-state index contributed by atoms with van der Waals surface area (Å²) in [7, 11) is 0. The Morgan fingerprint density at radius 1 is 1.50 bits per heavy atom. The van der Waals surface area contributed by atoms with E-state index in [1.54, 1.807) is 0 Å². The van der Waals surface area contributed by atoms with Crippen LogP contribution in [0.1, 0.15) is 51.6 Å². The fourth-order valence-corrected chi connectivity index (χ4v) is 2.82. The molecule has 0 unspecified atom stereocenters. The third-order valence-electron chi connectivity index (χ3n) is 3.70. The van der Waals surface area contributed by atoms with Crippen molar-refractivity contribution in [3.63, 3.8) is 0 Å². The summed E-state index contributed by atoms with van der Waals surface area (Å²) in [5.74, 6) is 1.08. The molecular formula is C15H25N3. The van der Waals surface area contributed by atoms with Gasteiger partial charge in [-0.15, -0.1) is 0 Å². The van der Waals surface area contributed by atoms with Crippen molar-refractivity contribution in [1.29, 1.82) is 0 Å². The Morgan fingerprint density at radius 2 is 2.33 bits per heavy atom. The van der Waals surface area contributed by atoms with Gasteiger partial charge in [0.05, 0.1) is 0 Å². The molecule has 1 aliphatic heterocycles. The van der Waals surface area contributed by atoms with Crippen LogP contribution in [0.3, 0.4) is 0 Å². The van der Waals surface area contributed by atoms with Gasteiger partial charge in [-0.05, 0) is 45.7 Å². The third-order valence-corrected chi connectivity index (χ3v) is 3.70. The van der Waals surface area contributed by atoms with Crippen LogP contribution in [0.15, 0.2) is 18.3 Å². The molecule has 0 spiro atoms. The fourth-order valence-electron chi connectivity index (χ4n) is 2.82. The van der Waals surface area contributed by atoms with Gasteiger partial charge in [-0.2, -0.15) is 0 Å². The molecule has 1 N–H and O–H groups in total. The van der Waals surface area contributed by atoms with Gasteiger partial charge >= 0.3 is 0 Å². The summed E-state index contributed by atoms with van der Waals surface area (Å²) < 4.78 is 0. The van der Waals surface area contributed by atoms with E-state index in [2.05, 4.69) is 48.1 Å². The van der Waals surface area contributed by atoms with Crippen LogP contribution in [0.2, 0.25) is 0 Å². The summed E-state index contributed by atoms with van der Waals surface area (Å²) >= 11 is 0. The first kappa shape index (κ1) is 13.3. The van der Waals surface area contributed by atoms with Crippen LogP contribution >= 0.6 is 0 Å². The molecule has 0 radical (unpaired) electrons. The van der Waals surface area contributed by atoms with E-state index in [-0.39, 0.29) is 0 Å². The zero-order valence-electron chi connectivity index (χ0n) is 11.8. The Hall–Kier alpha value is -1.09. The van der Waals surface area contributed by atoms with Crippen molar-refractivity contribution >= 4 is 5.82 Å². The lowest BCUT2D eigenvalue weighted by Crippen LogP contribution is -2.30. The van der Waals surface area contributed by atoms with E-state index in [0.29, 0.717) is 12.1 Å². The number of likely N-dealkylation sites (tertiary alicyclic amines) is 1. The molecule has 100 valence electrons. The molecule has 1 saturated heterocycles. The zero-order valence-corrected chi connectivity index (χ0v) is 11.8. The zero-order chi connectivity index (χ0) is 13.0. The number of aromatic nitrogens is 1. The second kappa shape index (κ2) is 6.19. The Bertz CT molecular complexity index is 376. The van der Waals surface area contributed by atoms with E-state index in [0.717, 1.165) is 18.8 Å². The molecule has 2 heterocycles. The van der Waals surface area contributed by atoms with Crippen LogP contribution in [0, 0.1) is 0 Å². The standard InChI is InChI=1S/C15H25N3/c1-4-9-16-15-13(7-5-10-17-15)14-8-6-11-18(14)12(2)3/h5,7,10,12,14H,4,6,8-9,11H2,1-3H3,(H,16,17)/t14-/m0/s1. The molecule has 3 nitrogen and oxygen atoms in total. The third kappa shape index (κ3) is 2.83. The summed E-state index contributed by atoms with van der Waals surface area (Å²) in [4.78, 5) is 7.11. The van der Waals surface area contributed by atoms with Crippen molar-refractivity contribution in [1.82, 2.24) is 9.88 Å². The minimum absolute atomic E-state index is 0.540. The maximum atomic E-state index is 4.52. The normalized spacial score (nSPS) is 20.6. The van der Waals surface area contributed by atoms with Crippen molar-refractivity contribution in [2.24, 2.45) is 0 Å². The van der Waals surface area contributed by atoms with E-state index < -0.39 is 0 Å². The first-order chi connectivity index (χ1) is 8.74. The molecule has 0 bridgehead atoms. The smallest absolute Gasteiger partial charge is 0.130 e. The molecule has 1 fully saturated rings. The van der Waals surface area contributed by atoms with Crippen molar-refractivity contribution in [3.8, 4) is 0 Å². The SMILES string of the molecule is CCCNc1ncccc1[C@@H]1CCCN1C(C)C. The van der Waals surface area contributed by atoms with E-state index in [4.69, 9.17) is 0 Å². The molecule has 1 aliphatic rings. The average Bonchev–Trinajstić information content (AvgIpc) is 2.86. The second-order valence-corrected chi connectivity index (χ2v) is 5.36. The Balaban J connectivity index is 2.21. The van der Waals surface area contributed by atoms with Crippen LogP contribution in [0.5, 0.6) is 0 Å². The lowest BCUT2D eigenvalue weighted by molar-refractivity contribution is 0.206. The Kier molecular flexibility index (Phi) is 4.59. The van der Waals surface area contributed by atoms with Gasteiger partial charge in [0.25, 0.3) is 0 Å². The van der Waals surface area contributed by atoms with Gasteiger partial charge in [0, 0.05) is 30.4 Å². The fraction of sp³-hybridized carbons (Fsp3) is 0.667. The van der Waals surface area contributed by atoms with E-state index in [9.17, 15) is 0 Å². The number of anilines is 1. The maximum Gasteiger partial charge on any atom is 0.130 e. The molecular weight excluding hydrogens is 222 g/mol. The predicted molar refractivity (Wildman–Crippen MR) is 76.8 cm³/mol. The minimum atomic E-state index is 0.540. The number of hydrogen-bond acceptors (Lipinski definition) is 3. The molecule has 3 heteroatoms. The summed E-state index contributed by atoms with van der Waals surface area (Å²) in [6.07, 6.45) is 5.57. The van der Waals surface area contributed by atoms with Crippen LogP contribution < -0.4 is 5.32 Å². The quantitative estimate of drug-likeness (QED) is 0.864. The highest BCUT2D eigenvalue weighted by Gasteiger charge is 2.29. The first-order valence-electron chi connectivity index (χ1n) is 7.18. The van der Waals surface area contributed by atoms with Gasteiger partial charge in [-0.1, -0.05) is 13.0 Å². The molecule has 1 aromatic rings. The van der Waals surface area contributed by atoms with E-state index >= 15 is 0 Å². The highest BCUT2D eigenvalue weighted by atomic mass is 15.2. The van der Waals surface area contributed by atoms with Crippen molar-refractivity contribution in [2.45, 2.75) is 52.1 Å². The number of hydrogen-bond donors (Lipinski definition) is 1. The number of nitrogens with one attached hydrogen (secondary N) is 1. The molecule has 18 heavy (non-hydrogen) atoms. The largest absolute Gasteiger partial charge is 0.370 e. The minimum Gasteiger partial charge on any atom is -0.370 e. The molecule has 1 atom stereocenters. The summed E-state index contributed by atoms with van der Waals surface area (Å²) in [5.41, 5.74) is 1.37. The van der Waals surface area contributed by atoms with Crippen LogP contribution in [0.4, 0.5) is 5.82 Å². The monoisotopic (exact) mass is 247 g/mol. The molecule has 1 aromatic heterocycles. The summed E-state index contributed by atoms with van der Waals surface area (Å²) in [6.45, 7) is 8.97. The first-order valence-corrected chi connectivity index (χ1v) is 7.18. The van der Waals surface area contributed by atoms with Crippen LogP contribution in [-0.2, 0) is 0 Å². The summed E-state index contributed by atoms with van der Waals surface area (Å²) in [6, 6.07) is 5.44. The van der Waals surface area contributed by atoms with Crippen LogP contribution in [0.25, 0.3) is 0 Å².